The van der Waals surface area contributed by atoms with Crippen LogP contribution in [-0.4, -0.2) is 16.5 Å². The van der Waals surface area contributed by atoms with E-state index >= 15 is 0 Å². The first-order valence-electron chi connectivity index (χ1n) is 6.81. The fourth-order valence-electron chi connectivity index (χ4n) is 1.30. The van der Waals surface area contributed by atoms with Crippen molar-refractivity contribution in [3.05, 3.63) is 68.2 Å². The zero-order valence-electron chi connectivity index (χ0n) is 16.5. The summed E-state index contributed by atoms with van der Waals surface area (Å²) in [7, 11) is 0. The second-order valence-electron chi connectivity index (χ2n) is 5.81. The van der Waals surface area contributed by atoms with Gasteiger partial charge in [-0.25, -0.2) is 5.57 Å². The van der Waals surface area contributed by atoms with Crippen LogP contribution in [0.15, 0.2) is 41.5 Å². The SMILES string of the molecule is C=CC=CC.CC(C)(C)[NH-].CC1=[C-]C(C)C(C)=C1C.[CH3-].[CH3-].[SiH4].[Ti+4]. The molecule has 1 aliphatic carbocycles. The van der Waals surface area contributed by atoms with Crippen molar-refractivity contribution < 1.29 is 21.7 Å². The van der Waals surface area contributed by atoms with Crippen LogP contribution >= 0.6 is 0 Å². The minimum absolute atomic E-state index is 0. The van der Waals surface area contributed by atoms with Crippen LogP contribution in [0.5, 0.6) is 0 Å². The van der Waals surface area contributed by atoms with E-state index in [4.69, 9.17) is 5.73 Å². The molecule has 0 saturated heterocycles. The van der Waals surface area contributed by atoms with Gasteiger partial charge in [0.1, 0.15) is 0 Å². The first-order chi connectivity index (χ1) is 8.54. The van der Waals surface area contributed by atoms with Gasteiger partial charge in [-0.2, -0.15) is 11.1 Å². The summed E-state index contributed by atoms with van der Waals surface area (Å²) in [4.78, 5) is 0. The standard InChI is InChI=1S/C9H13.C5H8.C4H10N.2CH3.H4Si.Ti/c1-6-5-7(2)9(4)8(6)3;1-3-5-4-2;1-4(2,3)5;;;;/h6H,1-4H3;3-5H,1H2,2H3;5H,1-3H3;2*1H3;1H4;/q-1;;3*-1;;+4. The molecule has 1 atom stereocenters. The molecular weight excluding hydrogens is 330 g/mol. The first kappa shape index (κ1) is 38.4. The van der Waals surface area contributed by atoms with Crippen LogP contribution in [0.1, 0.15) is 55.4 Å². The van der Waals surface area contributed by atoms with E-state index in [0.717, 1.165) is 0 Å². The molecule has 134 valence electrons. The second kappa shape index (κ2) is 19.9. The number of rotatable bonds is 1. The number of hydrogen-bond donors (Lipinski definition) is 0. The van der Waals surface area contributed by atoms with Crippen molar-refractivity contribution in [2.45, 2.75) is 60.9 Å². The molecule has 23 heavy (non-hydrogen) atoms. The molecule has 3 heteroatoms. The minimum Gasteiger partial charge on any atom is -0.673 e. The van der Waals surface area contributed by atoms with Gasteiger partial charge in [-0.3, -0.25) is 6.08 Å². The summed E-state index contributed by atoms with van der Waals surface area (Å²) >= 11 is 0. The van der Waals surface area contributed by atoms with Crippen LogP contribution in [0.25, 0.3) is 5.73 Å². The summed E-state index contributed by atoms with van der Waals surface area (Å²) in [5.74, 6) is 0.560. The van der Waals surface area contributed by atoms with Crippen LogP contribution in [0.4, 0.5) is 0 Å². The maximum absolute atomic E-state index is 6.94. The molecule has 0 radical (unpaired) electrons. The van der Waals surface area contributed by atoms with E-state index in [9.17, 15) is 0 Å². The maximum atomic E-state index is 6.94. The van der Waals surface area contributed by atoms with E-state index in [-0.39, 0.29) is 53.1 Å². The maximum Gasteiger partial charge on any atom is 4.00 e. The van der Waals surface area contributed by atoms with Crippen molar-refractivity contribution in [1.82, 2.24) is 0 Å². The van der Waals surface area contributed by atoms with E-state index in [2.05, 4.69) is 40.3 Å². The van der Waals surface area contributed by atoms with Crippen LogP contribution in [0, 0.1) is 26.8 Å². The van der Waals surface area contributed by atoms with Gasteiger partial charge >= 0.3 is 21.7 Å². The van der Waals surface area contributed by atoms with Gasteiger partial charge in [0.25, 0.3) is 0 Å². The summed E-state index contributed by atoms with van der Waals surface area (Å²) in [6.45, 7) is 19.7. The van der Waals surface area contributed by atoms with E-state index in [1.54, 1.807) is 6.08 Å². The summed E-state index contributed by atoms with van der Waals surface area (Å²) in [6.07, 6.45) is 8.94. The van der Waals surface area contributed by atoms with Crippen molar-refractivity contribution in [2.75, 3.05) is 0 Å². The summed E-state index contributed by atoms with van der Waals surface area (Å²) in [6, 6.07) is 0. The van der Waals surface area contributed by atoms with E-state index < -0.39 is 0 Å². The zero-order valence-corrected chi connectivity index (χ0v) is 18.1. The fraction of sp³-hybridized carbons (Fsp3) is 0.500. The molecular formula is C20H41NSiTi. The molecule has 0 amide bonds. The molecule has 1 nitrogen and oxygen atoms in total. The van der Waals surface area contributed by atoms with Crippen molar-refractivity contribution in [2.24, 2.45) is 5.92 Å². The van der Waals surface area contributed by atoms with Gasteiger partial charge in [0.05, 0.1) is 0 Å². The third-order valence-corrected chi connectivity index (χ3v) is 2.57. The molecule has 0 aromatic carbocycles. The van der Waals surface area contributed by atoms with Crippen molar-refractivity contribution >= 4 is 11.0 Å². The Labute approximate surface area is 167 Å². The van der Waals surface area contributed by atoms with E-state index in [0.29, 0.717) is 5.92 Å². The first-order valence-corrected chi connectivity index (χ1v) is 6.81. The number of hydrogen-bond acceptors (Lipinski definition) is 0. The Kier molecular flexibility index (Phi) is 33.2. The quantitative estimate of drug-likeness (QED) is 0.318. The smallest absolute Gasteiger partial charge is 0.673 e. The minimum atomic E-state index is -0.250. The normalized spacial score (nSPS) is 15.2. The Balaban J connectivity index is -0.0000000462. The van der Waals surface area contributed by atoms with Gasteiger partial charge in [0, 0.05) is 0 Å². The second-order valence-corrected chi connectivity index (χ2v) is 5.81. The molecule has 1 unspecified atom stereocenters. The zero-order chi connectivity index (χ0) is 15.6. The monoisotopic (exact) mass is 371 g/mol. The molecule has 0 bridgehead atoms. The van der Waals surface area contributed by atoms with Gasteiger partial charge in [-0.1, -0.05) is 72.3 Å². The Morgan fingerprint density at radius 2 is 1.48 bits per heavy atom. The third-order valence-electron chi connectivity index (χ3n) is 2.57. The molecule has 1 N–H and O–H groups in total. The predicted molar refractivity (Wildman–Crippen MR) is 113 cm³/mol. The predicted octanol–water partition coefficient (Wildman–Crippen LogP) is 5.75. The van der Waals surface area contributed by atoms with Crippen LogP contribution in [0.2, 0.25) is 0 Å². The molecule has 0 saturated carbocycles. The Morgan fingerprint density at radius 1 is 1.13 bits per heavy atom. The molecule has 0 aromatic rings. The summed E-state index contributed by atoms with van der Waals surface area (Å²) < 4.78 is 0. The van der Waals surface area contributed by atoms with Crippen molar-refractivity contribution in [3.8, 4) is 0 Å². The molecule has 0 fully saturated rings. The topological polar surface area (TPSA) is 23.8 Å². The van der Waals surface area contributed by atoms with Gasteiger partial charge < -0.3 is 20.6 Å². The molecule has 0 heterocycles. The Morgan fingerprint density at radius 3 is 1.52 bits per heavy atom. The fourth-order valence-corrected chi connectivity index (χ4v) is 1.30. The molecule has 0 aliphatic heterocycles. The number of nitrogens with one attached hydrogen (secondary N) is 1. The summed E-state index contributed by atoms with van der Waals surface area (Å²) in [5, 5.41) is 0. The average molecular weight is 372 g/mol. The van der Waals surface area contributed by atoms with Crippen LogP contribution in [-0.2, 0) is 21.7 Å². The number of allylic oxidation sites excluding steroid dienone is 7. The van der Waals surface area contributed by atoms with Crippen molar-refractivity contribution in [1.29, 1.82) is 0 Å². The van der Waals surface area contributed by atoms with Crippen LogP contribution in [0.3, 0.4) is 0 Å². The third kappa shape index (κ3) is 27.0. The Bertz CT molecular complexity index is 354. The van der Waals surface area contributed by atoms with E-state index in [1.807, 2.05) is 39.8 Å². The van der Waals surface area contributed by atoms with Crippen molar-refractivity contribution in [3.63, 3.8) is 0 Å². The van der Waals surface area contributed by atoms with Crippen LogP contribution < -0.4 is 0 Å². The molecule has 0 spiro atoms. The summed E-state index contributed by atoms with van der Waals surface area (Å²) in [5.41, 5.74) is 10.9. The van der Waals surface area contributed by atoms with Gasteiger partial charge in [0.15, 0.2) is 0 Å². The largest absolute Gasteiger partial charge is 4.00 e. The molecule has 1 rings (SSSR count). The molecule has 0 aromatic heterocycles. The Hall–Kier alpha value is -0.149. The van der Waals surface area contributed by atoms with Gasteiger partial charge in [-0.05, 0) is 17.9 Å². The van der Waals surface area contributed by atoms with Gasteiger partial charge in [0.2, 0.25) is 0 Å². The van der Waals surface area contributed by atoms with Gasteiger partial charge in [-0.15, -0.1) is 12.5 Å². The molecule has 1 aliphatic rings. The van der Waals surface area contributed by atoms with E-state index in [1.165, 1.54) is 16.7 Å². The average Bonchev–Trinajstić information content (AvgIpc) is 2.45.